The standard InChI is InChI=1S/C10H17NS/c1-2-7-12-10-8-11-5-3-9(10)4-6-11/h2,9-10H,1,3-8H2. The molecular weight excluding hydrogens is 166 g/mol. The fourth-order valence-corrected chi connectivity index (χ4v) is 3.54. The van der Waals surface area contributed by atoms with Crippen molar-refractivity contribution < 1.29 is 0 Å². The summed E-state index contributed by atoms with van der Waals surface area (Å²) in [4.78, 5) is 2.61. The fourth-order valence-electron chi connectivity index (χ4n) is 2.29. The van der Waals surface area contributed by atoms with Gasteiger partial charge in [0, 0.05) is 17.5 Å². The van der Waals surface area contributed by atoms with Gasteiger partial charge in [0.1, 0.15) is 0 Å². The van der Waals surface area contributed by atoms with Crippen molar-refractivity contribution in [3.8, 4) is 0 Å². The van der Waals surface area contributed by atoms with E-state index in [9.17, 15) is 0 Å². The van der Waals surface area contributed by atoms with Crippen LogP contribution in [0.1, 0.15) is 12.8 Å². The molecule has 0 aromatic heterocycles. The molecule has 2 heteroatoms. The second-order valence-corrected chi connectivity index (χ2v) is 5.07. The van der Waals surface area contributed by atoms with Crippen LogP contribution in [0.5, 0.6) is 0 Å². The van der Waals surface area contributed by atoms with E-state index in [1.807, 2.05) is 6.08 Å². The molecule has 0 spiro atoms. The lowest BCUT2D eigenvalue weighted by atomic mass is 9.88. The molecule has 0 aliphatic carbocycles. The van der Waals surface area contributed by atoms with E-state index in [2.05, 4.69) is 23.2 Å². The molecule has 0 N–H and O–H groups in total. The fraction of sp³-hybridized carbons (Fsp3) is 0.800. The Bertz CT molecular complexity index is 161. The van der Waals surface area contributed by atoms with E-state index in [1.165, 1.54) is 32.5 Å². The van der Waals surface area contributed by atoms with Crippen molar-refractivity contribution in [2.45, 2.75) is 18.1 Å². The van der Waals surface area contributed by atoms with Crippen molar-refractivity contribution in [2.24, 2.45) is 5.92 Å². The van der Waals surface area contributed by atoms with Crippen LogP contribution in [0.3, 0.4) is 0 Å². The molecule has 1 nitrogen and oxygen atoms in total. The van der Waals surface area contributed by atoms with Crippen molar-refractivity contribution >= 4 is 11.8 Å². The van der Waals surface area contributed by atoms with Crippen molar-refractivity contribution in [3.63, 3.8) is 0 Å². The Morgan fingerprint density at radius 3 is 2.67 bits per heavy atom. The molecule has 1 unspecified atom stereocenters. The first-order valence-corrected chi connectivity index (χ1v) is 5.90. The van der Waals surface area contributed by atoms with E-state index in [-0.39, 0.29) is 0 Å². The Labute approximate surface area is 79.2 Å². The molecule has 0 saturated carbocycles. The monoisotopic (exact) mass is 183 g/mol. The third-order valence-corrected chi connectivity index (χ3v) is 4.41. The van der Waals surface area contributed by atoms with Crippen molar-refractivity contribution in [3.05, 3.63) is 12.7 Å². The average Bonchev–Trinajstić information content (AvgIpc) is 2.17. The summed E-state index contributed by atoms with van der Waals surface area (Å²) in [6.07, 6.45) is 4.91. The van der Waals surface area contributed by atoms with Crippen molar-refractivity contribution in [1.29, 1.82) is 0 Å². The molecule has 3 aliphatic rings. The molecule has 12 heavy (non-hydrogen) atoms. The lowest BCUT2D eigenvalue weighted by molar-refractivity contribution is 0.118. The summed E-state index contributed by atoms with van der Waals surface area (Å²) in [5.74, 6) is 2.15. The summed E-state index contributed by atoms with van der Waals surface area (Å²) in [5, 5.41) is 0.908. The second kappa shape index (κ2) is 3.84. The van der Waals surface area contributed by atoms with E-state index in [0.29, 0.717) is 0 Å². The maximum absolute atomic E-state index is 3.77. The van der Waals surface area contributed by atoms with Gasteiger partial charge in [0.25, 0.3) is 0 Å². The predicted molar refractivity (Wildman–Crippen MR) is 55.6 cm³/mol. The normalized spacial score (nSPS) is 39.8. The predicted octanol–water partition coefficient (Wildman–Crippen LogP) is 2.00. The number of fused-ring (bicyclic) bond motifs is 3. The summed E-state index contributed by atoms with van der Waals surface area (Å²) in [7, 11) is 0. The molecule has 1 atom stereocenters. The lowest BCUT2D eigenvalue weighted by Crippen LogP contribution is -2.49. The summed E-state index contributed by atoms with van der Waals surface area (Å²) < 4.78 is 0. The van der Waals surface area contributed by atoms with Gasteiger partial charge in [-0.25, -0.2) is 0 Å². The van der Waals surface area contributed by atoms with Crippen LogP contribution in [0.2, 0.25) is 0 Å². The van der Waals surface area contributed by atoms with Gasteiger partial charge in [-0.05, 0) is 31.8 Å². The number of hydrogen-bond donors (Lipinski definition) is 0. The number of thioether (sulfide) groups is 1. The topological polar surface area (TPSA) is 3.24 Å². The van der Waals surface area contributed by atoms with Gasteiger partial charge in [-0.15, -0.1) is 6.58 Å². The first-order chi connectivity index (χ1) is 5.90. The van der Waals surface area contributed by atoms with E-state index in [0.717, 1.165) is 16.9 Å². The molecule has 3 rings (SSSR count). The third kappa shape index (κ3) is 1.69. The Balaban J connectivity index is 1.86. The maximum Gasteiger partial charge on any atom is 0.0207 e. The highest BCUT2D eigenvalue weighted by Gasteiger charge is 2.33. The van der Waals surface area contributed by atoms with Crippen molar-refractivity contribution in [2.75, 3.05) is 25.4 Å². The highest BCUT2D eigenvalue weighted by molar-refractivity contribution is 8.00. The highest BCUT2D eigenvalue weighted by atomic mass is 32.2. The maximum atomic E-state index is 3.77. The molecular formula is C10H17NS. The third-order valence-electron chi connectivity index (χ3n) is 3.02. The zero-order valence-electron chi connectivity index (χ0n) is 7.54. The Morgan fingerprint density at radius 1 is 1.42 bits per heavy atom. The zero-order chi connectivity index (χ0) is 8.39. The minimum absolute atomic E-state index is 0.908. The molecule has 3 saturated heterocycles. The van der Waals surface area contributed by atoms with Crippen LogP contribution in [0.15, 0.2) is 12.7 Å². The van der Waals surface area contributed by atoms with Gasteiger partial charge in [-0.2, -0.15) is 11.8 Å². The van der Waals surface area contributed by atoms with E-state index in [1.54, 1.807) is 0 Å². The van der Waals surface area contributed by atoms with Crippen LogP contribution in [-0.2, 0) is 0 Å². The van der Waals surface area contributed by atoms with Gasteiger partial charge >= 0.3 is 0 Å². The summed E-state index contributed by atoms with van der Waals surface area (Å²) >= 11 is 2.10. The molecule has 3 aliphatic heterocycles. The van der Waals surface area contributed by atoms with Crippen LogP contribution < -0.4 is 0 Å². The number of piperidine rings is 3. The van der Waals surface area contributed by atoms with Gasteiger partial charge < -0.3 is 4.90 Å². The molecule has 2 bridgehead atoms. The minimum atomic E-state index is 0.908. The number of rotatable bonds is 3. The quantitative estimate of drug-likeness (QED) is 0.616. The summed E-state index contributed by atoms with van der Waals surface area (Å²) in [6, 6.07) is 0. The molecule has 3 fully saturated rings. The second-order valence-electron chi connectivity index (χ2n) is 3.80. The Hall–Kier alpha value is 0.0500. The first kappa shape index (κ1) is 8.64. The number of hydrogen-bond acceptors (Lipinski definition) is 2. The van der Waals surface area contributed by atoms with Gasteiger partial charge in [0.15, 0.2) is 0 Å². The zero-order valence-corrected chi connectivity index (χ0v) is 8.35. The SMILES string of the molecule is C=CCSC1CN2CCC1CC2. The molecule has 0 aromatic rings. The number of nitrogens with zero attached hydrogens (tertiary/aromatic N) is 1. The first-order valence-electron chi connectivity index (χ1n) is 4.85. The van der Waals surface area contributed by atoms with Crippen LogP contribution in [0, 0.1) is 5.92 Å². The van der Waals surface area contributed by atoms with Gasteiger partial charge in [0.05, 0.1) is 0 Å². The Kier molecular flexibility index (Phi) is 2.76. The summed E-state index contributed by atoms with van der Waals surface area (Å²) in [6.45, 7) is 7.82. The molecule has 3 heterocycles. The van der Waals surface area contributed by atoms with E-state index >= 15 is 0 Å². The lowest BCUT2D eigenvalue weighted by Gasteiger charge is -2.44. The van der Waals surface area contributed by atoms with E-state index < -0.39 is 0 Å². The van der Waals surface area contributed by atoms with Crippen molar-refractivity contribution in [1.82, 2.24) is 4.90 Å². The summed E-state index contributed by atoms with van der Waals surface area (Å²) in [5.41, 5.74) is 0. The Morgan fingerprint density at radius 2 is 2.17 bits per heavy atom. The van der Waals surface area contributed by atoms with Crippen LogP contribution in [0.25, 0.3) is 0 Å². The molecule has 0 radical (unpaired) electrons. The van der Waals surface area contributed by atoms with Crippen LogP contribution in [-0.4, -0.2) is 35.5 Å². The molecule has 0 amide bonds. The highest BCUT2D eigenvalue weighted by Crippen LogP contribution is 2.34. The van der Waals surface area contributed by atoms with Crippen LogP contribution in [0.4, 0.5) is 0 Å². The molecule has 68 valence electrons. The smallest absolute Gasteiger partial charge is 0.0207 e. The minimum Gasteiger partial charge on any atom is -0.302 e. The van der Waals surface area contributed by atoms with Gasteiger partial charge in [-0.1, -0.05) is 6.08 Å². The molecule has 0 aromatic carbocycles. The largest absolute Gasteiger partial charge is 0.302 e. The van der Waals surface area contributed by atoms with Gasteiger partial charge in [-0.3, -0.25) is 0 Å². The van der Waals surface area contributed by atoms with Crippen LogP contribution >= 0.6 is 11.8 Å². The average molecular weight is 183 g/mol. The van der Waals surface area contributed by atoms with Gasteiger partial charge in [0.2, 0.25) is 0 Å². The van der Waals surface area contributed by atoms with E-state index in [4.69, 9.17) is 0 Å².